The summed E-state index contributed by atoms with van der Waals surface area (Å²) in [6.07, 6.45) is 2.12. The fourth-order valence-electron chi connectivity index (χ4n) is 3.82. The molecule has 0 atom stereocenters. The number of nitrogens with one attached hydrogen (secondary N) is 2. The first-order chi connectivity index (χ1) is 15.7. The number of carbonyl (C=O) groups excluding carboxylic acids is 2. The second-order valence-electron chi connectivity index (χ2n) is 8.86. The minimum absolute atomic E-state index is 0.0344. The monoisotopic (exact) mass is 470 g/mol. The van der Waals surface area contributed by atoms with Crippen molar-refractivity contribution in [3.05, 3.63) is 59.2 Å². The Hall–Kier alpha value is -2.91. The molecule has 2 amide bonds. The maximum absolute atomic E-state index is 13.2. The molecule has 0 radical (unpaired) electrons. The lowest BCUT2D eigenvalue weighted by atomic mass is 10.1. The fraction of sp³-hybridized carbons (Fsp3) is 0.417. The van der Waals surface area contributed by atoms with E-state index in [0.29, 0.717) is 50.0 Å². The van der Waals surface area contributed by atoms with Crippen molar-refractivity contribution in [2.45, 2.75) is 37.6 Å². The van der Waals surface area contributed by atoms with Crippen LogP contribution in [0.1, 0.15) is 34.3 Å². The molecule has 8 nitrogen and oxygen atoms in total. The van der Waals surface area contributed by atoms with Gasteiger partial charge in [-0.25, -0.2) is 8.42 Å². The Kier molecular flexibility index (Phi) is 6.71. The summed E-state index contributed by atoms with van der Waals surface area (Å²) >= 11 is 0. The normalized spacial score (nSPS) is 17.0. The van der Waals surface area contributed by atoms with E-state index in [1.165, 1.54) is 12.1 Å². The van der Waals surface area contributed by atoms with Crippen LogP contribution in [0.4, 0.5) is 5.69 Å². The number of aryl methyl sites for hydroxylation is 2. The van der Waals surface area contributed by atoms with Gasteiger partial charge in [0, 0.05) is 43.5 Å². The summed E-state index contributed by atoms with van der Waals surface area (Å²) in [5.41, 5.74) is 2.60. The molecule has 2 aromatic rings. The van der Waals surface area contributed by atoms with Gasteiger partial charge in [-0.2, -0.15) is 0 Å². The number of anilines is 1. The first-order valence-corrected chi connectivity index (χ1v) is 12.7. The lowest BCUT2D eigenvalue weighted by Gasteiger charge is -2.34. The molecule has 4 rings (SSSR count). The summed E-state index contributed by atoms with van der Waals surface area (Å²) in [5.74, 6) is -0.158. The number of carbonyl (C=O) groups is 2. The molecule has 176 valence electrons. The van der Waals surface area contributed by atoms with Gasteiger partial charge in [0.15, 0.2) is 0 Å². The first kappa shape index (κ1) is 23.3. The molecule has 9 heteroatoms. The van der Waals surface area contributed by atoms with E-state index in [0.717, 1.165) is 24.0 Å². The molecular weight excluding hydrogens is 440 g/mol. The van der Waals surface area contributed by atoms with Crippen LogP contribution < -0.4 is 10.0 Å². The van der Waals surface area contributed by atoms with Crippen LogP contribution in [-0.2, 0) is 14.8 Å². The molecule has 1 aliphatic carbocycles. The van der Waals surface area contributed by atoms with E-state index >= 15 is 0 Å². The van der Waals surface area contributed by atoms with Crippen molar-refractivity contribution in [3.63, 3.8) is 0 Å². The molecular formula is C24H30N4O4S. The van der Waals surface area contributed by atoms with Gasteiger partial charge in [0.2, 0.25) is 5.91 Å². The van der Waals surface area contributed by atoms with Crippen molar-refractivity contribution < 1.29 is 18.0 Å². The molecule has 2 aliphatic rings. The van der Waals surface area contributed by atoms with Crippen LogP contribution in [-0.4, -0.2) is 68.8 Å². The van der Waals surface area contributed by atoms with E-state index in [4.69, 9.17) is 0 Å². The van der Waals surface area contributed by atoms with E-state index in [9.17, 15) is 18.0 Å². The van der Waals surface area contributed by atoms with Crippen molar-refractivity contribution >= 4 is 27.5 Å². The van der Waals surface area contributed by atoms with Crippen molar-refractivity contribution in [2.75, 3.05) is 37.4 Å². The van der Waals surface area contributed by atoms with Gasteiger partial charge < -0.3 is 10.2 Å². The van der Waals surface area contributed by atoms with Crippen LogP contribution in [0, 0.1) is 13.8 Å². The minimum Gasteiger partial charge on any atom is -0.352 e. The van der Waals surface area contributed by atoms with Crippen LogP contribution in [0.25, 0.3) is 0 Å². The number of nitrogens with zero attached hydrogens (tertiary/aromatic N) is 2. The third-order valence-corrected chi connectivity index (χ3v) is 7.40. The molecule has 2 N–H and O–H groups in total. The van der Waals surface area contributed by atoms with Crippen LogP contribution in [0.2, 0.25) is 0 Å². The largest absolute Gasteiger partial charge is 0.352 e. The Morgan fingerprint density at radius 2 is 1.64 bits per heavy atom. The van der Waals surface area contributed by atoms with Gasteiger partial charge in [0.1, 0.15) is 0 Å². The number of amides is 2. The summed E-state index contributed by atoms with van der Waals surface area (Å²) in [6.45, 7) is 6.28. The van der Waals surface area contributed by atoms with Crippen LogP contribution in [0.5, 0.6) is 0 Å². The van der Waals surface area contributed by atoms with Gasteiger partial charge in [-0.1, -0.05) is 23.8 Å². The number of hydrogen-bond donors (Lipinski definition) is 2. The maximum atomic E-state index is 13.2. The molecule has 33 heavy (non-hydrogen) atoms. The SMILES string of the molecule is Cc1ccc(NS(=O)(=O)c2ccc(C)c(C(=O)N3CCN(CC(=O)NC4CC4)CC3)c2)cc1. The highest BCUT2D eigenvalue weighted by molar-refractivity contribution is 7.92. The summed E-state index contributed by atoms with van der Waals surface area (Å²) in [5, 5.41) is 2.98. The van der Waals surface area contributed by atoms with Gasteiger partial charge in [-0.05, 0) is 56.5 Å². The van der Waals surface area contributed by atoms with Gasteiger partial charge in [0.05, 0.1) is 11.4 Å². The third kappa shape index (κ3) is 5.91. The second kappa shape index (κ2) is 9.52. The van der Waals surface area contributed by atoms with Crippen LogP contribution in [0.3, 0.4) is 0 Å². The van der Waals surface area contributed by atoms with Crippen molar-refractivity contribution in [3.8, 4) is 0 Å². The lowest BCUT2D eigenvalue weighted by molar-refractivity contribution is -0.122. The Balaban J connectivity index is 1.41. The smallest absolute Gasteiger partial charge is 0.261 e. The van der Waals surface area contributed by atoms with E-state index in [1.54, 1.807) is 30.0 Å². The van der Waals surface area contributed by atoms with Crippen molar-refractivity contribution in [2.24, 2.45) is 0 Å². The van der Waals surface area contributed by atoms with Crippen molar-refractivity contribution in [1.82, 2.24) is 15.1 Å². The van der Waals surface area contributed by atoms with Gasteiger partial charge in [-0.15, -0.1) is 0 Å². The molecule has 0 aromatic heterocycles. The van der Waals surface area contributed by atoms with E-state index < -0.39 is 10.0 Å². The average molecular weight is 471 g/mol. The number of rotatable bonds is 7. The highest BCUT2D eigenvalue weighted by Gasteiger charge is 2.27. The highest BCUT2D eigenvalue weighted by atomic mass is 32.2. The van der Waals surface area contributed by atoms with E-state index in [-0.39, 0.29) is 16.7 Å². The van der Waals surface area contributed by atoms with Gasteiger partial charge in [0.25, 0.3) is 15.9 Å². The Labute approximate surface area is 195 Å². The van der Waals surface area contributed by atoms with Crippen molar-refractivity contribution in [1.29, 1.82) is 0 Å². The van der Waals surface area contributed by atoms with Crippen LogP contribution in [0.15, 0.2) is 47.4 Å². The average Bonchev–Trinajstić information content (AvgIpc) is 3.59. The first-order valence-electron chi connectivity index (χ1n) is 11.2. The molecule has 0 spiro atoms. The minimum atomic E-state index is -3.83. The quantitative estimate of drug-likeness (QED) is 0.646. The maximum Gasteiger partial charge on any atom is 0.261 e. The third-order valence-electron chi connectivity index (χ3n) is 6.02. The summed E-state index contributed by atoms with van der Waals surface area (Å²) in [6, 6.07) is 12.0. The summed E-state index contributed by atoms with van der Waals surface area (Å²) in [7, 11) is -3.83. The number of hydrogen-bond acceptors (Lipinski definition) is 5. The Morgan fingerprint density at radius 1 is 0.970 bits per heavy atom. The zero-order valence-electron chi connectivity index (χ0n) is 19.0. The van der Waals surface area contributed by atoms with Crippen LogP contribution >= 0.6 is 0 Å². The molecule has 1 saturated carbocycles. The number of piperazine rings is 1. The van der Waals surface area contributed by atoms with Gasteiger partial charge >= 0.3 is 0 Å². The molecule has 2 aromatic carbocycles. The highest BCUT2D eigenvalue weighted by Crippen LogP contribution is 2.22. The molecule has 2 fully saturated rings. The number of benzene rings is 2. The molecule has 1 aliphatic heterocycles. The number of sulfonamides is 1. The fourth-order valence-corrected chi connectivity index (χ4v) is 4.90. The topological polar surface area (TPSA) is 98.8 Å². The second-order valence-corrected chi connectivity index (χ2v) is 10.5. The zero-order valence-corrected chi connectivity index (χ0v) is 19.8. The predicted molar refractivity (Wildman–Crippen MR) is 127 cm³/mol. The Morgan fingerprint density at radius 3 is 2.27 bits per heavy atom. The summed E-state index contributed by atoms with van der Waals surface area (Å²) in [4.78, 5) is 29.0. The Bertz CT molecular complexity index is 1140. The lowest BCUT2D eigenvalue weighted by Crippen LogP contribution is -2.51. The zero-order chi connectivity index (χ0) is 23.6. The van der Waals surface area contributed by atoms with E-state index in [2.05, 4.69) is 10.0 Å². The molecule has 0 unspecified atom stereocenters. The van der Waals surface area contributed by atoms with Gasteiger partial charge in [-0.3, -0.25) is 19.2 Å². The summed E-state index contributed by atoms with van der Waals surface area (Å²) < 4.78 is 28.4. The molecule has 1 heterocycles. The van der Waals surface area contributed by atoms with E-state index in [1.807, 2.05) is 24.0 Å². The predicted octanol–water partition coefficient (Wildman–Crippen LogP) is 2.14. The molecule has 0 bridgehead atoms. The standard InChI is InChI=1S/C24H30N4O4S/c1-17-3-6-20(7-4-17)26-33(31,32)21-10-5-18(2)22(15-21)24(30)28-13-11-27(12-14-28)16-23(29)25-19-8-9-19/h3-7,10,15,19,26H,8-9,11-14,16H2,1-2H3,(H,25,29). The molecule has 1 saturated heterocycles.